The van der Waals surface area contributed by atoms with Crippen LogP contribution in [0, 0.1) is 0 Å². The van der Waals surface area contributed by atoms with E-state index in [9.17, 15) is 9.59 Å². The Morgan fingerprint density at radius 3 is 0.960 bits per heavy atom. The Labute approximate surface area is 300 Å². The zero-order chi connectivity index (χ0) is 33.9. The van der Waals surface area contributed by atoms with Gasteiger partial charge in [-0.3, -0.25) is 0 Å². The highest BCUT2D eigenvalue weighted by Gasteiger charge is 2.23. The number of hydrogen-bond acceptors (Lipinski definition) is 6. The van der Waals surface area contributed by atoms with E-state index >= 15 is 0 Å². The minimum Gasteiger partial charge on any atom is -0.458 e. The summed E-state index contributed by atoms with van der Waals surface area (Å²) in [6.07, 6.45) is 0. The maximum absolute atomic E-state index is 14.1. The van der Waals surface area contributed by atoms with Gasteiger partial charge in [-0.1, -0.05) is 133 Å². The molecule has 0 aromatic heterocycles. The van der Waals surface area contributed by atoms with E-state index in [4.69, 9.17) is 9.47 Å². The lowest BCUT2D eigenvalue weighted by Crippen LogP contribution is -2.16. The van der Waals surface area contributed by atoms with Crippen LogP contribution < -0.4 is 0 Å². The molecule has 0 atom stereocenters. The van der Waals surface area contributed by atoms with E-state index in [0.29, 0.717) is 11.1 Å². The Kier molecular flexibility index (Phi) is 9.29. The highest BCUT2D eigenvalue weighted by molar-refractivity contribution is 7.97. The number of benzene rings is 6. The first-order chi connectivity index (χ1) is 24.6. The number of esters is 2. The van der Waals surface area contributed by atoms with Crippen LogP contribution in [0.3, 0.4) is 0 Å². The van der Waals surface area contributed by atoms with Gasteiger partial charge < -0.3 is 9.47 Å². The van der Waals surface area contributed by atoms with Crippen LogP contribution in [-0.4, -0.2) is 25.2 Å². The lowest BCUT2D eigenvalue weighted by Gasteiger charge is -2.17. The summed E-state index contributed by atoms with van der Waals surface area (Å²) in [5.41, 5.74) is 12.8. The van der Waals surface area contributed by atoms with Crippen molar-refractivity contribution in [1.82, 2.24) is 0 Å². The van der Waals surface area contributed by atoms with Crippen molar-refractivity contribution in [1.29, 1.82) is 0 Å². The van der Waals surface area contributed by atoms with Gasteiger partial charge in [0.1, 0.15) is 13.2 Å². The van der Waals surface area contributed by atoms with Crippen molar-refractivity contribution >= 4 is 35.5 Å². The van der Waals surface area contributed by atoms with Crippen LogP contribution in [0.4, 0.5) is 0 Å². The fourth-order valence-corrected chi connectivity index (χ4v) is 8.67. The third-order valence-electron chi connectivity index (χ3n) is 9.11. The minimum absolute atomic E-state index is 0.0752. The predicted molar refractivity (Wildman–Crippen MR) is 205 cm³/mol. The van der Waals surface area contributed by atoms with Gasteiger partial charge in [0.05, 0.1) is 11.1 Å². The third kappa shape index (κ3) is 6.74. The molecule has 0 unspecified atom stereocenters. The molecule has 0 aliphatic carbocycles. The van der Waals surface area contributed by atoms with E-state index in [2.05, 4.69) is 97.1 Å². The van der Waals surface area contributed by atoms with Crippen LogP contribution in [0.25, 0.3) is 44.5 Å². The molecule has 246 valence electrons. The number of carbonyl (C=O) groups excluding carboxylic acids is 2. The molecule has 0 spiro atoms. The summed E-state index contributed by atoms with van der Waals surface area (Å²) in [6, 6.07) is 45.6. The van der Waals surface area contributed by atoms with Gasteiger partial charge in [0.25, 0.3) is 0 Å². The van der Waals surface area contributed by atoms with E-state index in [-0.39, 0.29) is 13.2 Å². The zero-order valence-electron chi connectivity index (χ0n) is 27.4. The molecule has 0 amide bonds. The van der Waals surface area contributed by atoms with E-state index in [1.165, 1.54) is 22.3 Å². The van der Waals surface area contributed by atoms with E-state index in [1.807, 2.05) is 59.9 Å². The number of hydrogen-bond donors (Lipinski definition) is 0. The molecule has 2 aliphatic rings. The molecule has 0 saturated heterocycles. The van der Waals surface area contributed by atoms with Gasteiger partial charge in [0.15, 0.2) is 0 Å². The lowest BCUT2D eigenvalue weighted by atomic mass is 9.91. The van der Waals surface area contributed by atoms with Crippen LogP contribution >= 0.6 is 23.5 Å². The zero-order valence-corrected chi connectivity index (χ0v) is 29.0. The second kappa shape index (κ2) is 14.4. The first kappa shape index (κ1) is 32.2. The van der Waals surface area contributed by atoms with Gasteiger partial charge in [0, 0.05) is 23.0 Å². The van der Waals surface area contributed by atoms with Crippen molar-refractivity contribution in [2.75, 3.05) is 13.2 Å². The number of thioether (sulfide) groups is 2. The summed E-state index contributed by atoms with van der Waals surface area (Å²) in [4.78, 5) is 28.2. The van der Waals surface area contributed by atoms with Gasteiger partial charge in [-0.2, -0.15) is 23.5 Å². The van der Waals surface area contributed by atoms with Crippen LogP contribution in [0.5, 0.6) is 0 Å². The molecule has 0 fully saturated rings. The van der Waals surface area contributed by atoms with Crippen molar-refractivity contribution in [3.63, 3.8) is 0 Å². The monoisotopic (exact) mass is 690 g/mol. The molecule has 4 nitrogen and oxygen atoms in total. The molecule has 6 aromatic carbocycles. The first-order valence-electron chi connectivity index (χ1n) is 16.7. The summed E-state index contributed by atoms with van der Waals surface area (Å²) in [7, 11) is 0. The molecule has 0 N–H and O–H groups in total. The average Bonchev–Trinajstić information content (AvgIpc) is 3.15. The van der Waals surface area contributed by atoms with Crippen LogP contribution in [0.15, 0.2) is 133 Å². The standard InChI is InChI=1S/C44H34O4S2/c45-43-41-37-15-5-16-38(41)34-12-3-9-31(23-34)27-50-28-32-10-4-14-36(24-32)40-18-6-17-39(42(40)44(46)48-20-19-47-43)35-13-2-8-30(22-35)26-49-25-29-7-1-11-33(37)21-29/h1-18,21-24H,19-20,25-28H2. The number of fused-ring (bicyclic) bond motifs is 17. The summed E-state index contributed by atoms with van der Waals surface area (Å²) in [5, 5.41) is 0. The highest BCUT2D eigenvalue weighted by Crippen LogP contribution is 2.37. The third-order valence-corrected chi connectivity index (χ3v) is 11.3. The van der Waals surface area contributed by atoms with Crippen LogP contribution in [0.2, 0.25) is 0 Å². The smallest absolute Gasteiger partial charge is 0.339 e. The molecule has 6 heteroatoms. The van der Waals surface area contributed by atoms with Gasteiger partial charge in [-0.15, -0.1) is 0 Å². The topological polar surface area (TPSA) is 52.6 Å². The average molecular weight is 691 g/mol. The van der Waals surface area contributed by atoms with Crippen LogP contribution in [-0.2, 0) is 32.5 Å². The summed E-state index contributed by atoms with van der Waals surface area (Å²) >= 11 is 3.67. The van der Waals surface area contributed by atoms with Crippen LogP contribution in [0.1, 0.15) is 43.0 Å². The SMILES string of the molecule is O=C1OCCOC(=O)c2c3cccc2-c2cccc(c2)CSCc2cccc(c2)-c2cccc(c21)-c1cccc(c1)CSCc1cccc-3c1. The van der Waals surface area contributed by atoms with Crippen molar-refractivity contribution < 1.29 is 19.1 Å². The number of carbonyl (C=O) groups is 2. The van der Waals surface area contributed by atoms with Gasteiger partial charge >= 0.3 is 11.9 Å². The highest BCUT2D eigenvalue weighted by atomic mass is 32.2. The van der Waals surface area contributed by atoms with Gasteiger partial charge in [-0.25, -0.2) is 9.59 Å². The first-order valence-corrected chi connectivity index (χ1v) is 19.0. The minimum atomic E-state index is -0.449. The maximum Gasteiger partial charge on any atom is 0.339 e. The number of rotatable bonds is 0. The number of ether oxygens (including phenoxy) is 2. The molecule has 6 aromatic rings. The van der Waals surface area contributed by atoms with Crippen molar-refractivity contribution in [3.05, 3.63) is 167 Å². The molecule has 2 aliphatic heterocycles. The van der Waals surface area contributed by atoms with E-state index in [0.717, 1.165) is 67.5 Å². The van der Waals surface area contributed by atoms with Crippen molar-refractivity contribution in [2.24, 2.45) is 0 Å². The second-order valence-corrected chi connectivity index (χ2v) is 14.5. The molecule has 2 heterocycles. The summed E-state index contributed by atoms with van der Waals surface area (Å²) in [5.74, 6) is 2.33. The lowest BCUT2D eigenvalue weighted by molar-refractivity contribution is 0.0267. The predicted octanol–water partition coefficient (Wildman–Crippen LogP) is 10.9. The Bertz CT molecular complexity index is 1950. The fourth-order valence-electron chi connectivity index (χ4n) is 6.81. The maximum atomic E-state index is 14.1. The van der Waals surface area contributed by atoms with Gasteiger partial charge in [0.2, 0.25) is 0 Å². The molecule has 0 radical (unpaired) electrons. The molecule has 8 rings (SSSR count). The second-order valence-electron chi connectivity index (χ2n) is 12.5. The normalized spacial score (nSPS) is 14.6. The molecular formula is C44H34O4S2. The van der Waals surface area contributed by atoms with Gasteiger partial charge in [-0.05, 0) is 66.8 Å². The molecule has 0 saturated carbocycles. The Morgan fingerprint density at radius 2 is 0.660 bits per heavy atom. The summed E-state index contributed by atoms with van der Waals surface area (Å²) < 4.78 is 11.8. The van der Waals surface area contributed by atoms with Crippen molar-refractivity contribution in [2.45, 2.75) is 23.0 Å². The molecule has 50 heavy (non-hydrogen) atoms. The Balaban J connectivity index is 1.33. The van der Waals surface area contributed by atoms with E-state index in [1.54, 1.807) is 0 Å². The molecular weight excluding hydrogens is 657 g/mol. The largest absolute Gasteiger partial charge is 0.458 e. The fraction of sp³-hybridized carbons (Fsp3) is 0.136. The quantitative estimate of drug-likeness (QED) is 0.148. The Hall–Kier alpha value is -5.04. The van der Waals surface area contributed by atoms with Crippen molar-refractivity contribution in [3.8, 4) is 44.5 Å². The Morgan fingerprint density at radius 1 is 0.380 bits per heavy atom. The summed E-state index contributed by atoms with van der Waals surface area (Å²) in [6.45, 7) is -0.150. The van der Waals surface area contributed by atoms with E-state index < -0.39 is 11.9 Å². The molecule has 10 bridgehead atoms.